The second-order valence-electron chi connectivity index (χ2n) is 8.59. The standard InChI is InChI=1S/C19H29N3O/c1-13-5-14(2)22(21-13)4-3-18(23)20-12-19-9-15-6-16(10-19)8-17(7-15)11-19/h5,15-17H,3-4,6-12H2,1-2H3,(H,20,23). The van der Waals surface area contributed by atoms with Crippen LogP contribution in [0.1, 0.15) is 56.3 Å². The van der Waals surface area contributed by atoms with Gasteiger partial charge in [-0.25, -0.2) is 0 Å². The molecule has 4 fully saturated rings. The third-order valence-electron chi connectivity index (χ3n) is 6.48. The summed E-state index contributed by atoms with van der Waals surface area (Å²) in [5, 5.41) is 7.69. The number of hydrogen-bond donors (Lipinski definition) is 1. The molecule has 1 N–H and O–H groups in total. The summed E-state index contributed by atoms with van der Waals surface area (Å²) in [6.07, 6.45) is 9.00. The fraction of sp³-hybridized carbons (Fsp3) is 0.789. The maximum Gasteiger partial charge on any atom is 0.221 e. The van der Waals surface area contributed by atoms with E-state index in [2.05, 4.69) is 16.5 Å². The third kappa shape index (κ3) is 3.05. The molecule has 126 valence electrons. The first-order chi connectivity index (χ1) is 11.0. The minimum atomic E-state index is 0.188. The summed E-state index contributed by atoms with van der Waals surface area (Å²) in [4.78, 5) is 12.3. The van der Waals surface area contributed by atoms with Crippen molar-refractivity contribution >= 4 is 5.91 Å². The molecule has 0 unspecified atom stereocenters. The Labute approximate surface area is 139 Å². The zero-order valence-electron chi connectivity index (χ0n) is 14.5. The average molecular weight is 315 g/mol. The Bertz CT molecular complexity index is 568. The molecular formula is C19H29N3O. The van der Waals surface area contributed by atoms with E-state index in [9.17, 15) is 4.79 Å². The van der Waals surface area contributed by atoms with Crippen LogP contribution in [0.4, 0.5) is 0 Å². The smallest absolute Gasteiger partial charge is 0.221 e. The van der Waals surface area contributed by atoms with Crippen molar-refractivity contribution in [3.05, 3.63) is 17.5 Å². The zero-order chi connectivity index (χ0) is 16.0. The fourth-order valence-corrected chi connectivity index (χ4v) is 5.99. The maximum atomic E-state index is 12.3. The Balaban J connectivity index is 1.29. The predicted octanol–water partition coefficient (Wildman–Crippen LogP) is 3.22. The molecule has 4 bridgehead atoms. The number of hydrogen-bond acceptors (Lipinski definition) is 2. The molecule has 23 heavy (non-hydrogen) atoms. The number of aromatic nitrogens is 2. The Kier molecular flexibility index (Phi) is 3.73. The topological polar surface area (TPSA) is 46.9 Å². The van der Waals surface area contributed by atoms with E-state index in [0.717, 1.165) is 35.7 Å². The van der Waals surface area contributed by atoms with E-state index in [1.807, 2.05) is 18.5 Å². The maximum absolute atomic E-state index is 12.3. The molecule has 0 atom stereocenters. The number of carbonyl (C=O) groups is 1. The van der Waals surface area contributed by atoms with Crippen LogP contribution in [0.5, 0.6) is 0 Å². The van der Waals surface area contributed by atoms with Crippen molar-refractivity contribution in [2.45, 2.75) is 65.3 Å². The van der Waals surface area contributed by atoms with Crippen LogP contribution < -0.4 is 5.32 Å². The van der Waals surface area contributed by atoms with E-state index in [1.165, 1.54) is 38.5 Å². The second-order valence-corrected chi connectivity index (χ2v) is 8.59. The van der Waals surface area contributed by atoms with Crippen LogP contribution in [-0.4, -0.2) is 22.2 Å². The highest BCUT2D eigenvalue weighted by Crippen LogP contribution is 2.59. The van der Waals surface area contributed by atoms with Crippen molar-refractivity contribution in [1.29, 1.82) is 0 Å². The molecule has 5 rings (SSSR count). The molecule has 4 aliphatic rings. The highest BCUT2D eigenvalue weighted by atomic mass is 16.1. The number of carbonyl (C=O) groups excluding carboxylic acids is 1. The monoisotopic (exact) mass is 315 g/mol. The third-order valence-corrected chi connectivity index (χ3v) is 6.48. The molecule has 0 saturated heterocycles. The summed E-state index contributed by atoms with van der Waals surface area (Å²) in [5.74, 6) is 3.04. The molecule has 0 radical (unpaired) electrons. The van der Waals surface area contributed by atoms with Crippen LogP contribution >= 0.6 is 0 Å². The SMILES string of the molecule is Cc1cc(C)n(CCC(=O)NCC23CC4CC(CC(C4)C2)C3)n1. The lowest BCUT2D eigenvalue weighted by molar-refractivity contribution is -0.123. The van der Waals surface area contributed by atoms with Crippen molar-refractivity contribution < 1.29 is 4.79 Å². The van der Waals surface area contributed by atoms with E-state index in [0.29, 0.717) is 18.4 Å². The van der Waals surface area contributed by atoms with Gasteiger partial charge < -0.3 is 5.32 Å². The summed E-state index contributed by atoms with van der Waals surface area (Å²) < 4.78 is 1.94. The van der Waals surface area contributed by atoms with Gasteiger partial charge in [-0.2, -0.15) is 5.10 Å². The lowest BCUT2D eigenvalue weighted by Gasteiger charge is -2.56. The molecule has 4 aliphatic carbocycles. The normalized spacial score (nSPS) is 34.8. The molecule has 1 heterocycles. The van der Waals surface area contributed by atoms with Gasteiger partial charge in [-0.05, 0) is 81.6 Å². The van der Waals surface area contributed by atoms with Crippen LogP contribution in [0.3, 0.4) is 0 Å². The number of amides is 1. The number of nitrogens with one attached hydrogen (secondary N) is 1. The van der Waals surface area contributed by atoms with Gasteiger partial charge in [-0.15, -0.1) is 0 Å². The highest BCUT2D eigenvalue weighted by molar-refractivity contribution is 5.75. The van der Waals surface area contributed by atoms with Crippen LogP contribution in [0.2, 0.25) is 0 Å². The van der Waals surface area contributed by atoms with E-state index in [-0.39, 0.29) is 5.91 Å². The lowest BCUT2D eigenvalue weighted by atomic mass is 9.49. The quantitative estimate of drug-likeness (QED) is 0.907. The molecule has 1 amide bonds. The van der Waals surface area contributed by atoms with Crippen LogP contribution in [0.15, 0.2) is 6.07 Å². The highest BCUT2D eigenvalue weighted by Gasteiger charge is 2.50. The first-order valence-corrected chi connectivity index (χ1v) is 9.29. The number of rotatable bonds is 5. The van der Waals surface area contributed by atoms with E-state index < -0.39 is 0 Å². The molecule has 1 aromatic rings. The zero-order valence-corrected chi connectivity index (χ0v) is 14.5. The van der Waals surface area contributed by atoms with E-state index in [1.54, 1.807) is 0 Å². The second kappa shape index (κ2) is 5.64. The Hall–Kier alpha value is -1.32. The van der Waals surface area contributed by atoms with Gasteiger partial charge in [0.25, 0.3) is 0 Å². The first kappa shape index (κ1) is 15.2. The average Bonchev–Trinajstić information content (AvgIpc) is 2.79. The fourth-order valence-electron chi connectivity index (χ4n) is 5.99. The molecule has 0 aromatic carbocycles. The summed E-state index contributed by atoms with van der Waals surface area (Å²) >= 11 is 0. The Morgan fingerprint density at radius 2 is 1.83 bits per heavy atom. The molecule has 4 nitrogen and oxygen atoms in total. The Morgan fingerprint density at radius 3 is 2.35 bits per heavy atom. The van der Waals surface area contributed by atoms with Crippen LogP contribution in [0.25, 0.3) is 0 Å². The summed E-state index contributed by atoms with van der Waals surface area (Å²) in [5.41, 5.74) is 2.59. The number of nitrogens with zero attached hydrogens (tertiary/aromatic N) is 2. The van der Waals surface area contributed by atoms with Gasteiger partial charge in [0.15, 0.2) is 0 Å². The van der Waals surface area contributed by atoms with Crippen molar-refractivity contribution in [2.24, 2.45) is 23.2 Å². The van der Waals surface area contributed by atoms with Crippen LogP contribution in [-0.2, 0) is 11.3 Å². The van der Waals surface area contributed by atoms with Gasteiger partial charge in [0.2, 0.25) is 5.91 Å². The first-order valence-electron chi connectivity index (χ1n) is 9.29. The van der Waals surface area contributed by atoms with E-state index in [4.69, 9.17) is 0 Å². The number of aryl methyl sites for hydroxylation is 3. The van der Waals surface area contributed by atoms with Crippen LogP contribution in [0, 0.1) is 37.0 Å². The predicted molar refractivity (Wildman–Crippen MR) is 89.9 cm³/mol. The molecule has 4 heteroatoms. The summed E-state index contributed by atoms with van der Waals surface area (Å²) in [6.45, 7) is 5.64. The minimum absolute atomic E-state index is 0.188. The lowest BCUT2D eigenvalue weighted by Crippen LogP contribution is -2.51. The van der Waals surface area contributed by atoms with Crippen molar-refractivity contribution in [1.82, 2.24) is 15.1 Å². The minimum Gasteiger partial charge on any atom is -0.355 e. The van der Waals surface area contributed by atoms with E-state index >= 15 is 0 Å². The van der Waals surface area contributed by atoms with Gasteiger partial charge in [-0.3, -0.25) is 9.48 Å². The molecule has 1 aromatic heterocycles. The van der Waals surface area contributed by atoms with Gasteiger partial charge in [0.1, 0.15) is 0 Å². The molecule has 4 saturated carbocycles. The molecule has 0 spiro atoms. The van der Waals surface area contributed by atoms with Crippen molar-refractivity contribution in [2.75, 3.05) is 6.54 Å². The summed E-state index contributed by atoms with van der Waals surface area (Å²) in [7, 11) is 0. The van der Waals surface area contributed by atoms with Gasteiger partial charge in [-0.1, -0.05) is 0 Å². The van der Waals surface area contributed by atoms with Crippen molar-refractivity contribution in [3.8, 4) is 0 Å². The van der Waals surface area contributed by atoms with Gasteiger partial charge in [0, 0.05) is 25.2 Å². The molecular weight excluding hydrogens is 286 g/mol. The van der Waals surface area contributed by atoms with Crippen molar-refractivity contribution in [3.63, 3.8) is 0 Å². The van der Waals surface area contributed by atoms with Gasteiger partial charge >= 0.3 is 0 Å². The summed E-state index contributed by atoms with van der Waals surface area (Å²) in [6, 6.07) is 2.06. The molecule has 0 aliphatic heterocycles. The largest absolute Gasteiger partial charge is 0.355 e. The Morgan fingerprint density at radius 1 is 1.22 bits per heavy atom. The van der Waals surface area contributed by atoms with Gasteiger partial charge in [0.05, 0.1) is 5.69 Å².